The topological polar surface area (TPSA) is 6.48 Å². The second-order valence-electron chi connectivity index (χ2n) is 6.99. The van der Waals surface area contributed by atoms with Gasteiger partial charge in [-0.05, 0) is 51.5 Å². The molecule has 0 N–H and O–H groups in total. The van der Waals surface area contributed by atoms with Gasteiger partial charge >= 0.3 is 12.4 Å². The second kappa shape index (κ2) is 8.13. The molecule has 2 atom stereocenters. The van der Waals surface area contributed by atoms with Gasteiger partial charge in [0.05, 0.1) is 23.2 Å². The van der Waals surface area contributed by atoms with E-state index in [9.17, 15) is 26.3 Å². The van der Waals surface area contributed by atoms with Crippen LogP contribution in [0.3, 0.4) is 0 Å². The van der Waals surface area contributed by atoms with Crippen LogP contribution in [-0.2, 0) is 12.4 Å². The van der Waals surface area contributed by atoms with Crippen LogP contribution >= 0.6 is 0 Å². The molecule has 0 amide bonds. The van der Waals surface area contributed by atoms with Crippen LogP contribution in [0.2, 0.25) is 0 Å². The lowest BCUT2D eigenvalue weighted by molar-refractivity contribution is -0.140. The number of hydrogen-bond acceptors (Lipinski definition) is 2. The molecule has 2 aromatic rings. The molecule has 0 spiro atoms. The van der Waals surface area contributed by atoms with Gasteiger partial charge in [-0.3, -0.25) is 0 Å². The highest BCUT2D eigenvalue weighted by Crippen LogP contribution is 2.45. The number of hydrogen-bond donors (Lipinski definition) is 0. The zero-order chi connectivity index (χ0) is 21.3. The fourth-order valence-electron chi connectivity index (χ4n) is 3.49. The van der Waals surface area contributed by atoms with E-state index in [0.717, 1.165) is 12.1 Å². The molecule has 2 rings (SSSR count). The van der Waals surface area contributed by atoms with Crippen LogP contribution in [0.25, 0.3) is 0 Å². The van der Waals surface area contributed by atoms with Crippen molar-refractivity contribution in [3.63, 3.8) is 0 Å². The highest BCUT2D eigenvalue weighted by molar-refractivity contribution is 5.39. The summed E-state index contributed by atoms with van der Waals surface area (Å²) in [6, 6.07) is 8.09. The molecule has 0 saturated carbocycles. The summed E-state index contributed by atoms with van der Waals surface area (Å²) in [4.78, 5) is 3.03. The lowest BCUT2D eigenvalue weighted by Crippen LogP contribution is -2.36. The first-order chi connectivity index (χ1) is 12.9. The Labute approximate surface area is 160 Å². The summed E-state index contributed by atoms with van der Waals surface area (Å²) in [6.45, 7) is 0. The number of benzene rings is 2. The van der Waals surface area contributed by atoms with Gasteiger partial charge < -0.3 is 9.80 Å². The number of halogens is 6. The maximum Gasteiger partial charge on any atom is 0.416 e. The number of nitrogens with zero attached hydrogens (tertiary/aromatic N) is 2. The van der Waals surface area contributed by atoms with Gasteiger partial charge in [0, 0.05) is 0 Å². The van der Waals surface area contributed by atoms with Gasteiger partial charge in [0.15, 0.2) is 0 Å². The van der Waals surface area contributed by atoms with Crippen molar-refractivity contribution >= 4 is 0 Å². The van der Waals surface area contributed by atoms with Gasteiger partial charge in [0.2, 0.25) is 0 Å². The van der Waals surface area contributed by atoms with E-state index >= 15 is 0 Å². The Bertz CT molecular complexity index is 728. The number of alkyl halides is 6. The minimum atomic E-state index is -4.62. The molecule has 2 unspecified atom stereocenters. The molecule has 0 fully saturated rings. The minimum absolute atomic E-state index is 0.0734. The summed E-state index contributed by atoms with van der Waals surface area (Å²) in [5, 5.41) is 0. The van der Waals surface area contributed by atoms with Crippen LogP contribution in [0, 0.1) is 0 Å². The van der Waals surface area contributed by atoms with E-state index in [1.165, 1.54) is 46.2 Å². The van der Waals surface area contributed by atoms with Crippen LogP contribution in [0.4, 0.5) is 26.3 Å². The molecule has 0 aliphatic heterocycles. The first-order valence-corrected chi connectivity index (χ1v) is 8.50. The van der Waals surface area contributed by atoms with E-state index in [4.69, 9.17) is 0 Å². The summed E-state index contributed by atoms with van der Waals surface area (Å²) in [7, 11) is 6.24. The average Bonchev–Trinajstić information content (AvgIpc) is 2.57. The van der Waals surface area contributed by atoms with Crippen molar-refractivity contribution in [2.45, 2.75) is 24.4 Å². The Kier molecular flexibility index (Phi) is 6.45. The van der Waals surface area contributed by atoms with Gasteiger partial charge in [-0.15, -0.1) is 0 Å². The molecule has 0 aliphatic carbocycles. The molecular weight excluding hydrogens is 382 g/mol. The van der Waals surface area contributed by atoms with Crippen molar-refractivity contribution in [2.24, 2.45) is 0 Å². The van der Waals surface area contributed by atoms with Crippen molar-refractivity contribution in [3.05, 3.63) is 70.8 Å². The summed E-state index contributed by atoms with van der Waals surface area (Å²) < 4.78 is 81.6. The maximum atomic E-state index is 13.6. The molecule has 154 valence electrons. The lowest BCUT2D eigenvalue weighted by Gasteiger charge is -2.39. The van der Waals surface area contributed by atoms with Crippen LogP contribution in [0.5, 0.6) is 0 Å². The molecule has 0 aliphatic rings. The molecule has 28 heavy (non-hydrogen) atoms. The van der Waals surface area contributed by atoms with Crippen LogP contribution in [0.15, 0.2) is 48.5 Å². The minimum Gasteiger partial charge on any atom is -0.301 e. The third-order valence-electron chi connectivity index (χ3n) is 4.58. The zero-order valence-electron chi connectivity index (χ0n) is 15.9. The Hall–Kier alpha value is -2.06. The van der Waals surface area contributed by atoms with Crippen molar-refractivity contribution in [2.75, 3.05) is 28.2 Å². The second-order valence-corrected chi connectivity index (χ2v) is 6.99. The molecule has 2 nitrogen and oxygen atoms in total. The molecule has 0 aromatic heterocycles. The zero-order valence-corrected chi connectivity index (χ0v) is 15.9. The lowest BCUT2D eigenvalue weighted by atomic mass is 9.86. The third kappa shape index (κ3) is 4.67. The maximum absolute atomic E-state index is 13.6. The summed E-state index contributed by atoms with van der Waals surface area (Å²) in [5.74, 6) is 0. The fourth-order valence-corrected chi connectivity index (χ4v) is 3.49. The number of rotatable bonds is 5. The summed E-state index contributed by atoms with van der Waals surface area (Å²) in [6.07, 6.45) is -9.24. The van der Waals surface area contributed by atoms with E-state index in [1.807, 2.05) is 0 Å². The van der Waals surface area contributed by atoms with Crippen molar-refractivity contribution in [1.82, 2.24) is 9.80 Å². The Balaban J connectivity index is 2.75. The van der Waals surface area contributed by atoms with Crippen molar-refractivity contribution < 1.29 is 26.3 Å². The molecule has 8 heteroatoms. The monoisotopic (exact) mass is 404 g/mol. The van der Waals surface area contributed by atoms with E-state index < -0.39 is 35.6 Å². The van der Waals surface area contributed by atoms with Crippen LogP contribution in [0.1, 0.15) is 34.3 Å². The predicted molar refractivity (Wildman–Crippen MR) is 95.7 cm³/mol. The SMILES string of the molecule is CN(C)C(c1ccccc1C(F)(F)F)C(c1ccccc1C(F)(F)F)N(C)C. The number of likely N-dealkylation sites (N-methyl/N-ethyl adjacent to an activating group) is 2. The first-order valence-electron chi connectivity index (χ1n) is 8.50. The predicted octanol–water partition coefficient (Wildman–Crippen LogP) is 5.63. The van der Waals surface area contributed by atoms with Crippen molar-refractivity contribution in [1.29, 1.82) is 0 Å². The van der Waals surface area contributed by atoms with E-state index in [1.54, 1.807) is 28.2 Å². The largest absolute Gasteiger partial charge is 0.416 e. The molecular formula is C20H22F6N2. The van der Waals surface area contributed by atoms with Gasteiger partial charge in [-0.2, -0.15) is 26.3 Å². The molecule has 0 heterocycles. The fraction of sp³-hybridized carbons (Fsp3) is 0.400. The molecule has 0 bridgehead atoms. The normalized spacial score (nSPS) is 15.1. The van der Waals surface area contributed by atoms with Gasteiger partial charge in [-0.1, -0.05) is 36.4 Å². The van der Waals surface area contributed by atoms with Gasteiger partial charge in [-0.25, -0.2) is 0 Å². The molecule has 2 aromatic carbocycles. The smallest absolute Gasteiger partial charge is 0.301 e. The third-order valence-corrected chi connectivity index (χ3v) is 4.58. The van der Waals surface area contributed by atoms with Crippen LogP contribution in [-0.4, -0.2) is 38.0 Å². The van der Waals surface area contributed by atoms with E-state index in [0.29, 0.717) is 0 Å². The summed E-state index contributed by atoms with van der Waals surface area (Å²) in [5.41, 5.74) is -1.86. The Morgan fingerprint density at radius 3 is 1.11 bits per heavy atom. The van der Waals surface area contributed by atoms with E-state index in [-0.39, 0.29) is 11.1 Å². The molecule has 0 saturated heterocycles. The van der Waals surface area contributed by atoms with Crippen molar-refractivity contribution in [3.8, 4) is 0 Å². The highest BCUT2D eigenvalue weighted by Gasteiger charge is 2.42. The summed E-state index contributed by atoms with van der Waals surface area (Å²) >= 11 is 0. The van der Waals surface area contributed by atoms with Gasteiger partial charge in [0.1, 0.15) is 0 Å². The van der Waals surface area contributed by atoms with Crippen LogP contribution < -0.4 is 0 Å². The first kappa shape index (κ1) is 22.2. The Morgan fingerprint density at radius 2 is 0.857 bits per heavy atom. The Morgan fingerprint density at radius 1 is 0.571 bits per heavy atom. The molecule has 0 radical (unpaired) electrons. The average molecular weight is 404 g/mol. The quantitative estimate of drug-likeness (QED) is 0.596. The van der Waals surface area contributed by atoms with Gasteiger partial charge in [0.25, 0.3) is 0 Å². The standard InChI is InChI=1S/C20H22F6N2/c1-27(2)17(13-9-5-7-11-15(13)19(21,22)23)18(28(3)4)14-10-6-8-12-16(14)20(24,25)26/h5-12,17-18H,1-4H3. The van der Waals surface area contributed by atoms with E-state index in [2.05, 4.69) is 0 Å². The highest BCUT2D eigenvalue weighted by atomic mass is 19.4.